The number of rotatable bonds is 3. The second-order valence-electron chi connectivity index (χ2n) is 6.72. The Balaban J connectivity index is 1.57. The molecule has 0 aliphatic carbocycles. The zero-order valence-corrected chi connectivity index (χ0v) is 15.7. The Labute approximate surface area is 161 Å². The van der Waals surface area contributed by atoms with E-state index in [9.17, 15) is 9.18 Å². The highest BCUT2D eigenvalue weighted by atomic mass is 19.1. The van der Waals surface area contributed by atoms with E-state index in [0.29, 0.717) is 47.9 Å². The minimum atomic E-state index is -0.422. The highest BCUT2D eigenvalue weighted by Gasteiger charge is 2.29. The Hall–Kier alpha value is -3.13. The largest absolute Gasteiger partial charge is 0.368 e. The highest BCUT2D eigenvalue weighted by molar-refractivity contribution is 5.95. The van der Waals surface area contributed by atoms with Gasteiger partial charge < -0.3 is 9.64 Å². The van der Waals surface area contributed by atoms with Gasteiger partial charge in [0.1, 0.15) is 11.9 Å². The molecule has 3 heterocycles. The van der Waals surface area contributed by atoms with Crippen LogP contribution in [-0.4, -0.2) is 50.3 Å². The van der Waals surface area contributed by atoms with Crippen molar-refractivity contribution < 1.29 is 13.9 Å². The lowest BCUT2D eigenvalue weighted by atomic mass is 10.1. The predicted molar refractivity (Wildman–Crippen MR) is 100.0 cm³/mol. The molecule has 28 heavy (non-hydrogen) atoms. The summed E-state index contributed by atoms with van der Waals surface area (Å²) in [6, 6.07) is 6.42. The number of aromatic nitrogens is 4. The van der Waals surface area contributed by atoms with Gasteiger partial charge in [-0.1, -0.05) is 12.1 Å². The summed E-state index contributed by atoms with van der Waals surface area (Å²) in [6.07, 6.45) is 4.42. The van der Waals surface area contributed by atoms with E-state index >= 15 is 0 Å². The minimum absolute atomic E-state index is 0.0860. The molecule has 1 amide bonds. The van der Waals surface area contributed by atoms with E-state index in [1.54, 1.807) is 47.2 Å². The fourth-order valence-corrected chi connectivity index (χ4v) is 3.33. The summed E-state index contributed by atoms with van der Waals surface area (Å²) in [7, 11) is 1.79. The molecule has 144 valence electrons. The zero-order valence-electron chi connectivity index (χ0n) is 15.7. The second-order valence-corrected chi connectivity index (χ2v) is 6.72. The molecule has 1 aliphatic heterocycles. The summed E-state index contributed by atoms with van der Waals surface area (Å²) in [5.41, 5.74) is 2.66. The lowest BCUT2D eigenvalue weighted by molar-refractivity contribution is -0.0248. The number of amides is 1. The maximum Gasteiger partial charge on any atom is 0.257 e. The molecular formula is C20H20FN5O2. The van der Waals surface area contributed by atoms with Crippen LogP contribution in [0.25, 0.3) is 11.3 Å². The van der Waals surface area contributed by atoms with Crippen LogP contribution in [0.3, 0.4) is 0 Å². The predicted octanol–water partition coefficient (Wildman–Crippen LogP) is 2.54. The van der Waals surface area contributed by atoms with Crippen molar-refractivity contribution >= 4 is 5.91 Å². The van der Waals surface area contributed by atoms with Crippen LogP contribution in [-0.2, 0) is 11.8 Å². The first-order chi connectivity index (χ1) is 13.5. The Morgan fingerprint density at radius 2 is 2.11 bits per heavy atom. The number of halogens is 1. The molecule has 0 bridgehead atoms. The summed E-state index contributed by atoms with van der Waals surface area (Å²) < 4.78 is 21.5. The Bertz CT molecular complexity index is 1020. The topological polar surface area (TPSA) is 73.1 Å². The molecule has 0 N–H and O–H groups in total. The van der Waals surface area contributed by atoms with Gasteiger partial charge in [-0.2, -0.15) is 5.10 Å². The van der Waals surface area contributed by atoms with Gasteiger partial charge in [0.25, 0.3) is 5.91 Å². The normalized spacial score (nSPS) is 17.0. The van der Waals surface area contributed by atoms with Crippen molar-refractivity contribution in [1.29, 1.82) is 0 Å². The quantitative estimate of drug-likeness (QED) is 0.697. The maximum atomic E-state index is 14.1. The van der Waals surface area contributed by atoms with Gasteiger partial charge in [0.15, 0.2) is 0 Å². The molecule has 1 atom stereocenters. The van der Waals surface area contributed by atoms with Gasteiger partial charge in [0.2, 0.25) is 0 Å². The van der Waals surface area contributed by atoms with Crippen molar-refractivity contribution in [3.05, 3.63) is 65.6 Å². The van der Waals surface area contributed by atoms with Gasteiger partial charge in [0.05, 0.1) is 48.2 Å². The minimum Gasteiger partial charge on any atom is -0.368 e. The molecule has 0 spiro atoms. The molecule has 1 aromatic carbocycles. The van der Waals surface area contributed by atoms with E-state index < -0.39 is 6.10 Å². The third-order valence-corrected chi connectivity index (χ3v) is 4.73. The molecule has 1 aliphatic rings. The van der Waals surface area contributed by atoms with Crippen molar-refractivity contribution in [2.75, 3.05) is 19.7 Å². The first kappa shape index (κ1) is 18.2. The monoisotopic (exact) mass is 381 g/mol. The number of hydrogen-bond donors (Lipinski definition) is 0. The fourth-order valence-electron chi connectivity index (χ4n) is 3.33. The van der Waals surface area contributed by atoms with Crippen LogP contribution >= 0.6 is 0 Å². The summed E-state index contributed by atoms with van der Waals surface area (Å²) in [6.45, 7) is 3.04. The van der Waals surface area contributed by atoms with Crippen LogP contribution in [0, 0.1) is 12.7 Å². The number of aryl methyl sites for hydroxylation is 2. The number of nitrogens with zero attached hydrogens (tertiary/aromatic N) is 5. The van der Waals surface area contributed by atoms with Crippen LogP contribution in [0.2, 0.25) is 0 Å². The smallest absolute Gasteiger partial charge is 0.257 e. The molecule has 1 unspecified atom stereocenters. The van der Waals surface area contributed by atoms with Crippen molar-refractivity contribution in [3.63, 3.8) is 0 Å². The standard InChI is InChI=1S/C20H20FN5O2/c1-13-15(11-25(2)24-13)20(27)26-7-8-28-19(12-26)18-10-22-9-17(23-18)14-5-3-4-6-16(14)21/h3-6,9-11,19H,7-8,12H2,1-2H3. The molecule has 4 rings (SSSR count). The molecular weight excluding hydrogens is 361 g/mol. The van der Waals surface area contributed by atoms with Crippen molar-refractivity contribution in [3.8, 4) is 11.3 Å². The van der Waals surface area contributed by atoms with Gasteiger partial charge in [-0.3, -0.25) is 14.5 Å². The molecule has 1 saturated heterocycles. The van der Waals surface area contributed by atoms with E-state index in [0.717, 1.165) is 0 Å². The van der Waals surface area contributed by atoms with E-state index in [-0.39, 0.29) is 11.7 Å². The Kier molecular flexibility index (Phi) is 4.87. The van der Waals surface area contributed by atoms with E-state index in [2.05, 4.69) is 15.1 Å². The Morgan fingerprint density at radius 1 is 1.29 bits per heavy atom. The van der Waals surface area contributed by atoms with Gasteiger partial charge in [0, 0.05) is 25.4 Å². The third kappa shape index (κ3) is 3.50. The Morgan fingerprint density at radius 3 is 2.86 bits per heavy atom. The highest BCUT2D eigenvalue weighted by Crippen LogP contribution is 2.25. The summed E-state index contributed by atoms with van der Waals surface area (Å²) >= 11 is 0. The van der Waals surface area contributed by atoms with Crippen molar-refractivity contribution in [1.82, 2.24) is 24.6 Å². The molecule has 0 radical (unpaired) electrons. The molecule has 2 aromatic heterocycles. The number of morpholine rings is 1. The molecule has 3 aromatic rings. The summed E-state index contributed by atoms with van der Waals surface area (Å²) in [5.74, 6) is -0.445. The SMILES string of the molecule is Cc1nn(C)cc1C(=O)N1CCOC(c2cncc(-c3ccccc3F)n2)C1. The fraction of sp³-hybridized carbons (Fsp3) is 0.300. The molecule has 0 saturated carbocycles. The average molecular weight is 381 g/mol. The van der Waals surface area contributed by atoms with Crippen molar-refractivity contribution in [2.24, 2.45) is 7.05 Å². The van der Waals surface area contributed by atoms with E-state index in [4.69, 9.17) is 4.74 Å². The van der Waals surface area contributed by atoms with Crippen molar-refractivity contribution in [2.45, 2.75) is 13.0 Å². The number of benzene rings is 1. The summed E-state index contributed by atoms with van der Waals surface area (Å²) in [5, 5.41) is 4.24. The molecule has 7 nitrogen and oxygen atoms in total. The number of carbonyl (C=O) groups is 1. The molecule has 8 heteroatoms. The first-order valence-corrected chi connectivity index (χ1v) is 9.01. The average Bonchev–Trinajstić information content (AvgIpc) is 3.06. The van der Waals surface area contributed by atoms with Crippen LogP contribution in [0.5, 0.6) is 0 Å². The number of hydrogen-bond acceptors (Lipinski definition) is 5. The van der Waals surface area contributed by atoms with Crippen LogP contribution in [0.1, 0.15) is 27.8 Å². The van der Waals surface area contributed by atoms with Crippen LogP contribution in [0.4, 0.5) is 4.39 Å². The van der Waals surface area contributed by atoms with Crippen LogP contribution < -0.4 is 0 Å². The van der Waals surface area contributed by atoms with E-state index in [1.165, 1.54) is 12.3 Å². The zero-order chi connectivity index (χ0) is 19.7. The van der Waals surface area contributed by atoms with Gasteiger partial charge >= 0.3 is 0 Å². The third-order valence-electron chi connectivity index (χ3n) is 4.73. The summed E-state index contributed by atoms with van der Waals surface area (Å²) in [4.78, 5) is 23.3. The first-order valence-electron chi connectivity index (χ1n) is 9.01. The number of carbonyl (C=O) groups excluding carboxylic acids is 1. The van der Waals surface area contributed by atoms with E-state index in [1.807, 2.05) is 6.92 Å². The lowest BCUT2D eigenvalue weighted by Crippen LogP contribution is -2.42. The lowest BCUT2D eigenvalue weighted by Gasteiger charge is -2.32. The van der Waals surface area contributed by atoms with Gasteiger partial charge in [-0.15, -0.1) is 0 Å². The van der Waals surface area contributed by atoms with Crippen LogP contribution in [0.15, 0.2) is 42.9 Å². The molecule has 1 fully saturated rings. The second kappa shape index (κ2) is 7.47. The van der Waals surface area contributed by atoms with Gasteiger partial charge in [-0.05, 0) is 19.1 Å². The number of ether oxygens (including phenoxy) is 1. The maximum absolute atomic E-state index is 14.1. The van der Waals surface area contributed by atoms with Gasteiger partial charge in [-0.25, -0.2) is 9.37 Å².